The molecule has 0 atom stereocenters. The fraction of sp³-hybridized carbons (Fsp3) is 0.538. The molecule has 17 heteroatoms. The third-order valence-corrected chi connectivity index (χ3v) is 2.83. The fourth-order valence-electron chi connectivity index (χ4n) is 1.85. The number of rotatable bonds is 11. The molecule has 0 aromatic heterocycles. The number of nitrogens with one attached hydrogen (secondary N) is 2. The summed E-state index contributed by atoms with van der Waals surface area (Å²) < 4.78 is 0. The largest absolute Gasteiger partial charge is 1.00 e. The average Bonchev–Trinajstić information content (AvgIpc) is 2.86. The summed E-state index contributed by atoms with van der Waals surface area (Å²) in [6.07, 6.45) is 0. The summed E-state index contributed by atoms with van der Waals surface area (Å²) in [6, 6.07) is -0.398. The van der Waals surface area contributed by atoms with Gasteiger partial charge < -0.3 is 30.0 Å². The first-order valence-corrected chi connectivity index (χ1v) is 7.39. The van der Waals surface area contributed by atoms with Gasteiger partial charge in [-0.05, 0) is 0 Å². The molecule has 0 spiro atoms. The number of carbonyl (C=O) groups excluding carboxylic acids is 2. The standard InChI is InChI=1S/C10H16N2O8.C3H4N2O2.3Na.3H/c13-7(14)3-11(4-8(15)16)1-2-12(5-9(17)18)6-10(19)20;6-2-1-4-3(7)5-2;;;;;;/h1-6H2,(H,13,14)(H,15,16)(H,17,18)(H,19,20);1H2,(H2,4,5,6,7);;;;;;/q;;3*+1;3*-1. The summed E-state index contributed by atoms with van der Waals surface area (Å²) >= 11 is 0. The van der Waals surface area contributed by atoms with Crippen molar-refractivity contribution in [1.29, 1.82) is 0 Å². The van der Waals surface area contributed by atoms with E-state index in [0.29, 0.717) is 0 Å². The fourth-order valence-corrected chi connectivity index (χ4v) is 1.85. The Morgan fingerprint density at radius 3 is 1.17 bits per heavy atom. The molecular formula is C13H23N4Na3O10. The van der Waals surface area contributed by atoms with Crippen LogP contribution < -0.4 is 99.3 Å². The van der Waals surface area contributed by atoms with Crippen molar-refractivity contribution >= 4 is 35.8 Å². The maximum atomic E-state index is 10.6. The van der Waals surface area contributed by atoms with Gasteiger partial charge in [0.1, 0.15) is 0 Å². The Morgan fingerprint density at radius 1 is 0.733 bits per heavy atom. The smallest absolute Gasteiger partial charge is 1.00 e. The van der Waals surface area contributed by atoms with Gasteiger partial charge >= 0.3 is 119 Å². The minimum absolute atomic E-state index is 0. The van der Waals surface area contributed by atoms with Gasteiger partial charge in [-0.2, -0.15) is 0 Å². The van der Waals surface area contributed by atoms with E-state index in [-0.39, 0.29) is 118 Å². The quantitative estimate of drug-likeness (QED) is 0.124. The monoisotopic (exact) mass is 464 g/mol. The number of hydrogen-bond donors (Lipinski definition) is 6. The molecule has 0 radical (unpaired) electrons. The van der Waals surface area contributed by atoms with Gasteiger partial charge in [0.15, 0.2) is 0 Å². The van der Waals surface area contributed by atoms with Crippen LogP contribution in [0.3, 0.4) is 0 Å². The minimum Gasteiger partial charge on any atom is -1.00 e. The van der Waals surface area contributed by atoms with Crippen LogP contribution in [-0.4, -0.2) is 112 Å². The van der Waals surface area contributed by atoms with Gasteiger partial charge in [-0.15, -0.1) is 0 Å². The van der Waals surface area contributed by atoms with Gasteiger partial charge in [0.2, 0.25) is 5.91 Å². The first kappa shape index (κ1) is 37.1. The van der Waals surface area contributed by atoms with Crippen LogP contribution in [-0.2, 0) is 24.0 Å². The molecule has 3 amide bonds. The molecule has 0 unspecified atom stereocenters. The second-order valence-corrected chi connectivity index (χ2v) is 5.23. The molecule has 30 heavy (non-hydrogen) atoms. The molecule has 1 saturated heterocycles. The normalized spacial score (nSPS) is 11.5. The molecule has 1 rings (SSSR count). The van der Waals surface area contributed by atoms with Crippen molar-refractivity contribution in [2.45, 2.75) is 0 Å². The number of carbonyl (C=O) groups is 6. The molecule has 0 aromatic carbocycles. The molecule has 1 heterocycles. The van der Waals surface area contributed by atoms with Gasteiger partial charge in [0, 0.05) is 13.1 Å². The van der Waals surface area contributed by atoms with Crippen LogP contribution in [0.1, 0.15) is 4.28 Å². The van der Waals surface area contributed by atoms with E-state index in [1.54, 1.807) is 0 Å². The van der Waals surface area contributed by atoms with Gasteiger partial charge in [0.05, 0.1) is 32.7 Å². The SMILES string of the molecule is O=C(O)CN(CCN(CC(=O)O)CC(=O)O)CC(=O)O.O=C1CNC(=O)N1.[H-].[H-].[H-].[Na+].[Na+].[Na+]. The molecule has 1 fully saturated rings. The zero-order valence-electron chi connectivity index (χ0n) is 20.1. The Balaban J connectivity index is -0.0000000900. The number of aliphatic carboxylic acids is 4. The Hall–Kier alpha value is -0.260. The summed E-state index contributed by atoms with van der Waals surface area (Å²) in [6.45, 7) is -2.13. The molecule has 6 N–H and O–H groups in total. The van der Waals surface area contributed by atoms with Crippen molar-refractivity contribution in [3.05, 3.63) is 0 Å². The predicted molar refractivity (Wildman–Crippen MR) is 88.3 cm³/mol. The Kier molecular flexibility index (Phi) is 25.5. The van der Waals surface area contributed by atoms with E-state index < -0.39 is 56.1 Å². The number of imide groups is 1. The van der Waals surface area contributed by atoms with Crippen molar-refractivity contribution in [2.75, 3.05) is 45.8 Å². The van der Waals surface area contributed by atoms with Gasteiger partial charge in [-0.25, -0.2) is 4.79 Å². The summed E-state index contributed by atoms with van der Waals surface area (Å²) in [5.41, 5.74) is 0. The minimum atomic E-state index is -1.23. The number of amides is 3. The van der Waals surface area contributed by atoms with Crippen LogP contribution in [0.2, 0.25) is 0 Å². The number of nitrogens with zero attached hydrogens (tertiary/aromatic N) is 2. The molecule has 0 saturated carbocycles. The molecule has 1 aliphatic heterocycles. The molecule has 0 bridgehead atoms. The summed E-state index contributed by atoms with van der Waals surface area (Å²) in [7, 11) is 0. The van der Waals surface area contributed by atoms with Crippen molar-refractivity contribution in [2.24, 2.45) is 0 Å². The van der Waals surface area contributed by atoms with Gasteiger partial charge in [-0.3, -0.25) is 39.1 Å². The molecule has 14 nitrogen and oxygen atoms in total. The Labute approximate surface area is 242 Å². The van der Waals surface area contributed by atoms with Crippen LogP contribution in [0.25, 0.3) is 0 Å². The maximum absolute atomic E-state index is 10.6. The van der Waals surface area contributed by atoms with E-state index in [1.807, 2.05) is 5.32 Å². The van der Waals surface area contributed by atoms with Crippen molar-refractivity contribution in [1.82, 2.24) is 20.4 Å². The number of urea groups is 1. The average molecular weight is 464 g/mol. The van der Waals surface area contributed by atoms with E-state index in [0.717, 1.165) is 9.80 Å². The van der Waals surface area contributed by atoms with Crippen molar-refractivity contribution in [3.63, 3.8) is 0 Å². The molecule has 0 aliphatic carbocycles. The van der Waals surface area contributed by atoms with E-state index in [2.05, 4.69) is 5.32 Å². The van der Waals surface area contributed by atoms with Crippen LogP contribution in [0.4, 0.5) is 4.79 Å². The Morgan fingerprint density at radius 2 is 1.03 bits per heavy atom. The predicted octanol–water partition coefficient (Wildman–Crippen LogP) is -11.9. The number of hydrogen-bond acceptors (Lipinski definition) is 8. The summed E-state index contributed by atoms with van der Waals surface area (Å²) in [4.78, 5) is 64.4. The second-order valence-electron chi connectivity index (χ2n) is 5.23. The van der Waals surface area contributed by atoms with Gasteiger partial charge in [-0.1, -0.05) is 0 Å². The van der Waals surface area contributed by atoms with Crippen LogP contribution in [0.5, 0.6) is 0 Å². The molecule has 1 aliphatic rings. The zero-order chi connectivity index (χ0) is 21.0. The topological polar surface area (TPSA) is 214 Å². The van der Waals surface area contributed by atoms with Gasteiger partial charge in [0.25, 0.3) is 0 Å². The first-order chi connectivity index (χ1) is 12.5. The van der Waals surface area contributed by atoms with E-state index >= 15 is 0 Å². The van der Waals surface area contributed by atoms with Crippen molar-refractivity contribution in [3.8, 4) is 0 Å². The summed E-state index contributed by atoms with van der Waals surface area (Å²) in [5.74, 6) is -5.17. The molecule has 0 aromatic rings. The molecule has 158 valence electrons. The number of carboxylic acid groups (broad SMARTS) is 4. The van der Waals surface area contributed by atoms with Crippen LogP contribution in [0, 0.1) is 0 Å². The van der Waals surface area contributed by atoms with Crippen molar-refractivity contribution < 1.29 is 142 Å². The third kappa shape index (κ3) is 22.4. The third-order valence-electron chi connectivity index (χ3n) is 2.83. The van der Waals surface area contributed by atoms with Crippen LogP contribution >= 0.6 is 0 Å². The van der Waals surface area contributed by atoms with E-state index in [1.165, 1.54) is 0 Å². The zero-order valence-corrected chi connectivity index (χ0v) is 23.1. The second kappa shape index (κ2) is 20.6. The maximum Gasteiger partial charge on any atom is 1.00 e. The molecular weight excluding hydrogens is 441 g/mol. The Bertz CT molecular complexity index is 540. The van der Waals surface area contributed by atoms with E-state index in [9.17, 15) is 28.8 Å². The first-order valence-electron chi connectivity index (χ1n) is 7.39. The van der Waals surface area contributed by atoms with Crippen LogP contribution in [0.15, 0.2) is 0 Å². The number of carboxylic acids is 4. The summed E-state index contributed by atoms with van der Waals surface area (Å²) in [5, 5.41) is 38.8. The van der Waals surface area contributed by atoms with E-state index in [4.69, 9.17) is 20.4 Å².